The first-order chi connectivity index (χ1) is 5.90. The van der Waals surface area contributed by atoms with Crippen LogP contribution in [0, 0.1) is 11.3 Å². The second kappa shape index (κ2) is 8.23. The smallest absolute Gasteiger partial charge is 0.328 e. The van der Waals surface area contributed by atoms with E-state index in [1.54, 1.807) is 13.0 Å². The Morgan fingerprint density at radius 2 is 1.62 bits per heavy atom. The summed E-state index contributed by atoms with van der Waals surface area (Å²) in [6, 6.07) is 1.50. The zero-order chi connectivity index (χ0) is 10.9. The van der Waals surface area contributed by atoms with Crippen LogP contribution in [0.1, 0.15) is 6.92 Å². The van der Waals surface area contributed by atoms with Crippen LogP contribution in [-0.2, 0) is 9.59 Å². The Hall–Kier alpha value is -1.87. The van der Waals surface area contributed by atoms with Gasteiger partial charge in [0.25, 0.3) is 0 Å². The maximum atomic E-state index is 9.55. The maximum absolute atomic E-state index is 9.55. The number of hydrogen-bond acceptors (Lipinski definition) is 4. The second-order valence-electron chi connectivity index (χ2n) is 1.93. The Labute approximate surface area is 74.9 Å². The third-order valence-corrected chi connectivity index (χ3v) is 0.572. The van der Waals surface area contributed by atoms with Gasteiger partial charge in [-0.2, -0.15) is 5.26 Å². The Bertz CT molecular complexity index is 223. The van der Waals surface area contributed by atoms with Crippen molar-refractivity contribution in [2.45, 2.75) is 13.0 Å². The molecule has 0 heterocycles. The lowest BCUT2D eigenvalue weighted by Crippen LogP contribution is -2.09. The minimum absolute atomic E-state index is 0.310. The lowest BCUT2D eigenvalue weighted by Gasteiger charge is -1.78. The largest absolute Gasteiger partial charge is 0.478 e. The summed E-state index contributed by atoms with van der Waals surface area (Å²) in [4.78, 5) is 19.1. The Balaban J connectivity index is 0. The van der Waals surface area contributed by atoms with E-state index in [1.165, 1.54) is 0 Å². The zero-order valence-electron chi connectivity index (χ0n) is 6.97. The van der Waals surface area contributed by atoms with Crippen LogP contribution in [0.3, 0.4) is 0 Å². The van der Waals surface area contributed by atoms with Crippen molar-refractivity contribution in [2.75, 3.05) is 0 Å². The van der Waals surface area contributed by atoms with Crippen LogP contribution in [0.5, 0.6) is 0 Å². The Morgan fingerprint density at radius 3 is 1.69 bits per heavy atom. The molecule has 72 valence electrons. The highest BCUT2D eigenvalue weighted by atomic mass is 16.4. The first-order valence-electron chi connectivity index (χ1n) is 3.19. The van der Waals surface area contributed by atoms with Gasteiger partial charge in [-0.3, -0.25) is 0 Å². The van der Waals surface area contributed by atoms with Gasteiger partial charge in [0, 0.05) is 12.2 Å². The summed E-state index contributed by atoms with van der Waals surface area (Å²) in [5, 5.41) is 23.4. The molecule has 0 aliphatic carbocycles. The van der Waals surface area contributed by atoms with Gasteiger partial charge in [0.15, 0.2) is 0 Å². The van der Waals surface area contributed by atoms with Crippen molar-refractivity contribution < 1.29 is 19.8 Å². The molecule has 0 aromatic heterocycles. The van der Waals surface area contributed by atoms with Crippen molar-refractivity contribution >= 4 is 11.9 Å². The lowest BCUT2D eigenvalue weighted by molar-refractivity contribution is -0.134. The van der Waals surface area contributed by atoms with E-state index in [1.807, 2.05) is 0 Å². The molecule has 0 saturated carbocycles. The monoisotopic (exact) mass is 186 g/mol. The Kier molecular flexibility index (Phi) is 8.67. The normalized spacial score (nSPS) is 10.8. The van der Waals surface area contributed by atoms with E-state index in [2.05, 4.69) is 0 Å². The van der Waals surface area contributed by atoms with Crippen LogP contribution < -0.4 is 5.73 Å². The zero-order valence-corrected chi connectivity index (χ0v) is 6.97. The molecular formula is C7H10N2O4. The molecule has 0 aromatic rings. The van der Waals surface area contributed by atoms with E-state index in [9.17, 15) is 9.59 Å². The highest BCUT2D eigenvalue weighted by Gasteiger charge is 1.88. The number of nitrogens with two attached hydrogens (primary N) is 1. The molecule has 0 bridgehead atoms. The van der Waals surface area contributed by atoms with Crippen LogP contribution >= 0.6 is 0 Å². The number of carbonyl (C=O) groups is 2. The number of rotatable bonds is 2. The summed E-state index contributed by atoms with van der Waals surface area (Å²) in [5.41, 5.74) is 4.93. The second-order valence-corrected chi connectivity index (χ2v) is 1.93. The van der Waals surface area contributed by atoms with Gasteiger partial charge in [-0.1, -0.05) is 0 Å². The molecule has 0 spiro atoms. The summed E-state index contributed by atoms with van der Waals surface area (Å²) in [7, 11) is 0. The molecule has 0 saturated heterocycles. The van der Waals surface area contributed by atoms with Crippen LogP contribution in [0.25, 0.3) is 0 Å². The fourth-order valence-corrected chi connectivity index (χ4v) is 0.143. The summed E-state index contributed by atoms with van der Waals surface area (Å²) >= 11 is 0. The van der Waals surface area contributed by atoms with Gasteiger partial charge in [-0.15, -0.1) is 0 Å². The van der Waals surface area contributed by atoms with Crippen molar-refractivity contribution in [3.05, 3.63) is 12.2 Å². The van der Waals surface area contributed by atoms with E-state index >= 15 is 0 Å². The lowest BCUT2D eigenvalue weighted by atomic mass is 10.4. The van der Waals surface area contributed by atoms with Gasteiger partial charge in [-0.05, 0) is 6.92 Å². The molecular weight excluding hydrogens is 176 g/mol. The number of nitrogens with zero attached hydrogens (tertiary/aromatic N) is 1. The summed E-state index contributed by atoms with van der Waals surface area (Å²) in [6.45, 7) is 1.64. The van der Waals surface area contributed by atoms with Crippen molar-refractivity contribution in [3.63, 3.8) is 0 Å². The average Bonchev–Trinajstić information content (AvgIpc) is 2.02. The molecule has 6 nitrogen and oxygen atoms in total. The number of carboxylic acid groups (broad SMARTS) is 2. The highest BCUT2D eigenvalue weighted by molar-refractivity contribution is 5.89. The molecule has 1 unspecified atom stereocenters. The van der Waals surface area contributed by atoms with Crippen LogP contribution in [0.15, 0.2) is 12.2 Å². The minimum Gasteiger partial charge on any atom is -0.478 e. The van der Waals surface area contributed by atoms with Gasteiger partial charge >= 0.3 is 11.9 Å². The SMILES string of the molecule is CC(N)C#N.O=C(O)/C=C/C(=O)O. The predicted molar refractivity (Wildman–Crippen MR) is 43.7 cm³/mol. The molecule has 0 aliphatic heterocycles. The number of hydrogen-bond donors (Lipinski definition) is 3. The first kappa shape index (κ1) is 13.7. The Morgan fingerprint density at radius 1 is 1.38 bits per heavy atom. The highest BCUT2D eigenvalue weighted by Crippen LogP contribution is 1.70. The molecule has 0 amide bonds. The molecule has 13 heavy (non-hydrogen) atoms. The van der Waals surface area contributed by atoms with Gasteiger partial charge < -0.3 is 15.9 Å². The van der Waals surface area contributed by atoms with Gasteiger partial charge in [0.1, 0.15) is 0 Å². The van der Waals surface area contributed by atoms with Crippen molar-refractivity contribution in [2.24, 2.45) is 5.73 Å². The number of carboxylic acids is 2. The van der Waals surface area contributed by atoms with Gasteiger partial charge in [0.05, 0.1) is 12.1 Å². The summed E-state index contributed by atoms with van der Waals surface area (Å²) in [6.07, 6.45) is 1.12. The molecule has 0 fully saturated rings. The van der Waals surface area contributed by atoms with Gasteiger partial charge in [0.2, 0.25) is 0 Å². The summed E-state index contributed by atoms with van der Waals surface area (Å²) in [5.74, 6) is -2.51. The number of aliphatic carboxylic acids is 2. The quantitative estimate of drug-likeness (QED) is 0.502. The molecule has 4 N–H and O–H groups in total. The molecule has 6 heteroatoms. The van der Waals surface area contributed by atoms with Crippen molar-refractivity contribution in [1.82, 2.24) is 0 Å². The van der Waals surface area contributed by atoms with Gasteiger partial charge in [-0.25, -0.2) is 9.59 Å². The third-order valence-electron chi connectivity index (χ3n) is 0.572. The van der Waals surface area contributed by atoms with E-state index in [4.69, 9.17) is 21.2 Å². The maximum Gasteiger partial charge on any atom is 0.328 e. The molecule has 0 radical (unpaired) electrons. The standard InChI is InChI=1S/C4H4O4.C3H6N2/c5-3(6)1-2-4(7)8;1-3(5)2-4/h1-2H,(H,5,6)(H,7,8);3H,5H2,1H3/b2-1+;. The fourth-order valence-electron chi connectivity index (χ4n) is 0.143. The van der Waals surface area contributed by atoms with Crippen LogP contribution in [-0.4, -0.2) is 28.2 Å². The minimum atomic E-state index is -1.26. The molecule has 0 aliphatic rings. The van der Waals surface area contributed by atoms with E-state index in [0.717, 1.165) is 0 Å². The van der Waals surface area contributed by atoms with E-state index in [0.29, 0.717) is 12.2 Å². The third kappa shape index (κ3) is 25.4. The average molecular weight is 186 g/mol. The van der Waals surface area contributed by atoms with Crippen molar-refractivity contribution in [1.29, 1.82) is 5.26 Å². The molecule has 0 rings (SSSR count). The number of nitriles is 1. The van der Waals surface area contributed by atoms with Crippen molar-refractivity contribution in [3.8, 4) is 6.07 Å². The van der Waals surface area contributed by atoms with Crippen LogP contribution in [0.2, 0.25) is 0 Å². The first-order valence-corrected chi connectivity index (χ1v) is 3.19. The van der Waals surface area contributed by atoms with Crippen LogP contribution in [0.4, 0.5) is 0 Å². The van der Waals surface area contributed by atoms with E-state index in [-0.39, 0.29) is 6.04 Å². The predicted octanol–water partition coefficient (Wildman–Crippen LogP) is -0.431. The fraction of sp³-hybridized carbons (Fsp3) is 0.286. The summed E-state index contributed by atoms with van der Waals surface area (Å²) < 4.78 is 0. The molecule has 1 atom stereocenters. The van der Waals surface area contributed by atoms with E-state index < -0.39 is 11.9 Å². The topological polar surface area (TPSA) is 124 Å². The molecule has 0 aromatic carbocycles.